The number of allylic oxidation sites excluding steroid dienone is 4. The van der Waals surface area contributed by atoms with Gasteiger partial charge in [-0.05, 0) is 118 Å². The van der Waals surface area contributed by atoms with Crippen LogP contribution >= 0.6 is 0 Å². The minimum Gasteiger partial charge on any atom is -0.310 e. The van der Waals surface area contributed by atoms with E-state index in [1.54, 1.807) is 0 Å². The van der Waals surface area contributed by atoms with Crippen molar-refractivity contribution in [2.24, 2.45) is 0 Å². The molecule has 1 aromatic heterocycles. The maximum absolute atomic E-state index is 2.50. The summed E-state index contributed by atoms with van der Waals surface area (Å²) in [6, 6.07) is 49.9. The van der Waals surface area contributed by atoms with Crippen LogP contribution in [0.1, 0.15) is 62.8 Å². The third kappa shape index (κ3) is 4.02. The fourth-order valence-corrected chi connectivity index (χ4v) is 9.36. The highest BCUT2D eigenvalue weighted by Crippen LogP contribution is 2.53. The Labute approximate surface area is 294 Å². The zero-order chi connectivity index (χ0) is 33.8. The van der Waals surface area contributed by atoms with Crippen LogP contribution in [0.5, 0.6) is 0 Å². The van der Waals surface area contributed by atoms with Gasteiger partial charge in [-0.2, -0.15) is 0 Å². The van der Waals surface area contributed by atoms with E-state index in [4.69, 9.17) is 0 Å². The number of hydrogen-bond acceptors (Lipinski definition) is 1. The molecule has 0 saturated carbocycles. The molecule has 50 heavy (non-hydrogen) atoms. The Morgan fingerprint density at radius 1 is 0.520 bits per heavy atom. The van der Waals surface area contributed by atoms with Crippen LogP contribution < -0.4 is 4.90 Å². The van der Waals surface area contributed by atoms with Crippen molar-refractivity contribution in [2.45, 2.75) is 51.4 Å². The van der Waals surface area contributed by atoms with Gasteiger partial charge in [0.1, 0.15) is 0 Å². The molecule has 2 heteroatoms. The minimum absolute atomic E-state index is 0.0438. The minimum atomic E-state index is -0.0874. The molecule has 0 saturated heterocycles. The van der Waals surface area contributed by atoms with Crippen LogP contribution in [0.4, 0.5) is 17.1 Å². The van der Waals surface area contributed by atoms with Crippen LogP contribution in [0, 0.1) is 0 Å². The normalized spacial score (nSPS) is 16.4. The van der Waals surface area contributed by atoms with Gasteiger partial charge in [-0.25, -0.2) is 0 Å². The fraction of sp³-hybridized carbons (Fsp3) is 0.167. The molecule has 0 fully saturated rings. The Kier molecular flexibility index (Phi) is 6.13. The highest BCUT2D eigenvalue weighted by molar-refractivity contribution is 6.10. The van der Waals surface area contributed by atoms with Crippen molar-refractivity contribution in [3.05, 3.63) is 173 Å². The van der Waals surface area contributed by atoms with Gasteiger partial charge in [0.15, 0.2) is 0 Å². The summed E-state index contributed by atoms with van der Waals surface area (Å²) in [4.78, 5) is 2.50. The van der Waals surface area contributed by atoms with Gasteiger partial charge < -0.3 is 9.47 Å². The van der Waals surface area contributed by atoms with Crippen molar-refractivity contribution in [2.75, 3.05) is 4.90 Å². The van der Waals surface area contributed by atoms with E-state index < -0.39 is 0 Å². The molecule has 0 bridgehead atoms. The maximum atomic E-state index is 2.50. The predicted molar refractivity (Wildman–Crippen MR) is 211 cm³/mol. The van der Waals surface area contributed by atoms with Gasteiger partial charge in [0.2, 0.25) is 0 Å². The molecule has 7 aromatic rings. The zero-order valence-corrected chi connectivity index (χ0v) is 29.2. The van der Waals surface area contributed by atoms with Crippen molar-refractivity contribution in [3.8, 4) is 16.8 Å². The lowest BCUT2D eigenvalue weighted by molar-refractivity contribution is 0.651. The van der Waals surface area contributed by atoms with E-state index in [2.05, 4.69) is 183 Å². The van der Waals surface area contributed by atoms with Crippen molar-refractivity contribution < 1.29 is 0 Å². The largest absolute Gasteiger partial charge is 0.310 e. The summed E-state index contributed by atoms with van der Waals surface area (Å²) in [6.45, 7) is 9.55. The molecule has 6 aromatic carbocycles. The van der Waals surface area contributed by atoms with E-state index in [0.29, 0.717) is 0 Å². The SMILES string of the molecule is CC1(C)C2=C(CCC=C2)c2ccc(N(c3ccc4c(c3)C(C)(C)c3ccccc3-4)c3ccc4c(c3)c3ccccc3n4-c3ccccc3)cc21. The maximum Gasteiger partial charge on any atom is 0.0542 e. The average Bonchev–Trinajstić information content (AvgIpc) is 3.69. The van der Waals surface area contributed by atoms with Gasteiger partial charge in [0.05, 0.1) is 11.0 Å². The van der Waals surface area contributed by atoms with Crippen LogP contribution in [-0.2, 0) is 10.8 Å². The molecule has 0 amide bonds. The number of nitrogens with zero attached hydrogens (tertiary/aromatic N) is 2. The molecule has 0 aliphatic heterocycles. The van der Waals surface area contributed by atoms with Crippen molar-refractivity contribution in [3.63, 3.8) is 0 Å². The van der Waals surface area contributed by atoms with Crippen LogP contribution in [-0.4, -0.2) is 4.57 Å². The average molecular weight is 645 g/mol. The first-order chi connectivity index (χ1) is 24.3. The van der Waals surface area contributed by atoms with E-state index >= 15 is 0 Å². The molecule has 0 spiro atoms. The Morgan fingerprint density at radius 2 is 1.14 bits per heavy atom. The lowest BCUT2D eigenvalue weighted by Gasteiger charge is -2.30. The molecule has 242 valence electrons. The van der Waals surface area contributed by atoms with Crippen LogP contribution in [0.25, 0.3) is 44.2 Å². The quantitative estimate of drug-likeness (QED) is 0.185. The number of hydrogen-bond donors (Lipinski definition) is 0. The van der Waals surface area contributed by atoms with Gasteiger partial charge in [0.25, 0.3) is 0 Å². The lowest BCUT2D eigenvalue weighted by atomic mass is 9.80. The van der Waals surface area contributed by atoms with Gasteiger partial charge in [-0.1, -0.05) is 113 Å². The number of aromatic nitrogens is 1. The molecule has 0 atom stereocenters. The Balaban J connectivity index is 1.20. The Bertz CT molecular complexity index is 2590. The second kappa shape index (κ2) is 10.5. The van der Waals surface area contributed by atoms with Gasteiger partial charge in [0, 0.05) is 44.4 Å². The molecule has 2 nitrogen and oxygen atoms in total. The number of rotatable bonds is 4. The molecule has 0 radical (unpaired) electrons. The van der Waals surface area contributed by atoms with Gasteiger partial charge >= 0.3 is 0 Å². The number of fused-ring (bicyclic) bond motifs is 8. The summed E-state index contributed by atoms with van der Waals surface area (Å²) < 4.78 is 2.40. The Morgan fingerprint density at radius 3 is 1.96 bits per heavy atom. The highest BCUT2D eigenvalue weighted by atomic mass is 15.1. The summed E-state index contributed by atoms with van der Waals surface area (Å²) in [5, 5.41) is 2.52. The summed E-state index contributed by atoms with van der Waals surface area (Å²) >= 11 is 0. The van der Waals surface area contributed by atoms with Gasteiger partial charge in [-0.3, -0.25) is 0 Å². The molecule has 0 N–H and O–H groups in total. The van der Waals surface area contributed by atoms with Crippen LogP contribution in [0.15, 0.2) is 151 Å². The second-order valence-corrected chi connectivity index (χ2v) is 15.3. The smallest absolute Gasteiger partial charge is 0.0542 e. The topological polar surface area (TPSA) is 8.17 Å². The molecule has 10 rings (SSSR count). The van der Waals surface area contributed by atoms with Crippen LogP contribution in [0.2, 0.25) is 0 Å². The predicted octanol–water partition coefficient (Wildman–Crippen LogP) is 13.0. The summed E-state index contributed by atoms with van der Waals surface area (Å²) in [5.74, 6) is 0. The number of benzene rings is 6. The van der Waals surface area contributed by atoms with Gasteiger partial charge in [-0.15, -0.1) is 0 Å². The van der Waals surface area contributed by atoms with Crippen molar-refractivity contribution in [1.29, 1.82) is 0 Å². The first-order valence-electron chi connectivity index (χ1n) is 18.0. The Hall–Kier alpha value is -5.60. The molecule has 1 heterocycles. The molecule has 0 unspecified atom stereocenters. The summed E-state index contributed by atoms with van der Waals surface area (Å²) in [6.07, 6.45) is 6.97. The van der Waals surface area contributed by atoms with Crippen molar-refractivity contribution >= 4 is 44.4 Å². The van der Waals surface area contributed by atoms with Crippen LogP contribution in [0.3, 0.4) is 0 Å². The second-order valence-electron chi connectivity index (χ2n) is 15.3. The zero-order valence-electron chi connectivity index (χ0n) is 29.2. The highest BCUT2D eigenvalue weighted by Gasteiger charge is 2.38. The number of para-hydroxylation sites is 2. The van der Waals surface area contributed by atoms with Crippen molar-refractivity contribution in [1.82, 2.24) is 4.57 Å². The first kappa shape index (κ1) is 29.3. The molecule has 3 aliphatic carbocycles. The van der Waals surface area contributed by atoms with E-state index in [0.717, 1.165) is 18.5 Å². The first-order valence-corrected chi connectivity index (χ1v) is 18.0. The standard InChI is InChI=1S/C48H40N2/c1-47(2)41-19-11-8-16-35(41)37-25-22-33(29-43(37)47)49(34-23-26-38-36-17-9-12-20-42(36)48(3,4)44(38)30-34)32-24-27-46-40(28-32)39-18-10-13-21-45(39)50(46)31-14-6-5-7-15-31/h5-8,10-16,18-30H,9,17H2,1-4H3. The number of anilines is 3. The lowest BCUT2D eigenvalue weighted by Crippen LogP contribution is -2.18. The van der Waals surface area contributed by atoms with E-state index in [9.17, 15) is 0 Å². The monoisotopic (exact) mass is 644 g/mol. The van der Waals surface area contributed by atoms with E-state index in [1.807, 2.05) is 0 Å². The molecule has 3 aliphatic rings. The third-order valence-corrected chi connectivity index (χ3v) is 11.9. The summed E-state index contributed by atoms with van der Waals surface area (Å²) in [5.41, 5.74) is 18.3. The molecular weight excluding hydrogens is 605 g/mol. The molecular formula is C48H40N2. The fourth-order valence-electron chi connectivity index (χ4n) is 9.36. The van der Waals surface area contributed by atoms with E-state index in [1.165, 1.54) is 83.4 Å². The third-order valence-electron chi connectivity index (χ3n) is 11.9. The summed E-state index contributed by atoms with van der Waals surface area (Å²) in [7, 11) is 0. The van der Waals surface area contributed by atoms with E-state index in [-0.39, 0.29) is 10.8 Å².